The molecule has 0 N–H and O–H groups in total. The van der Waals surface area contributed by atoms with Crippen molar-refractivity contribution in [3.63, 3.8) is 0 Å². The van der Waals surface area contributed by atoms with Gasteiger partial charge in [-0.2, -0.15) is 0 Å². The highest BCUT2D eigenvalue weighted by Crippen LogP contribution is 2.37. The van der Waals surface area contributed by atoms with Crippen LogP contribution in [0.2, 0.25) is 0 Å². The number of piperidine rings is 1. The summed E-state index contributed by atoms with van der Waals surface area (Å²) in [6.45, 7) is 4.51. The number of hydrogen-bond acceptors (Lipinski definition) is 2. The molecule has 1 fully saturated rings. The first-order chi connectivity index (χ1) is 11.2. The SMILES string of the molecule is Cc1ccc2c(c1)C(=C1CCN(C)CC1)c1ncccc1CC2. The molecule has 1 aliphatic carbocycles. The minimum Gasteiger partial charge on any atom is -0.306 e. The standard InChI is InChI=1S/C21H24N2/c1-15-5-6-16-7-8-18-4-3-11-22-21(18)20(19(16)14-15)17-9-12-23(2)13-10-17/h3-6,11,14H,7-10,12-13H2,1-2H3. The van der Waals surface area contributed by atoms with E-state index in [1.54, 1.807) is 5.57 Å². The average molecular weight is 304 g/mol. The summed E-state index contributed by atoms with van der Waals surface area (Å²) in [5.41, 5.74) is 9.92. The van der Waals surface area contributed by atoms with E-state index in [2.05, 4.69) is 49.2 Å². The summed E-state index contributed by atoms with van der Waals surface area (Å²) < 4.78 is 0. The smallest absolute Gasteiger partial charge is 0.0739 e. The first-order valence-corrected chi connectivity index (χ1v) is 8.67. The zero-order valence-corrected chi connectivity index (χ0v) is 14.1. The Morgan fingerprint density at radius 3 is 2.57 bits per heavy atom. The van der Waals surface area contributed by atoms with Gasteiger partial charge < -0.3 is 4.90 Å². The lowest BCUT2D eigenvalue weighted by Gasteiger charge is -2.27. The van der Waals surface area contributed by atoms with Gasteiger partial charge in [-0.05, 0) is 62.4 Å². The van der Waals surface area contributed by atoms with Crippen molar-refractivity contribution in [2.45, 2.75) is 32.6 Å². The van der Waals surface area contributed by atoms with E-state index >= 15 is 0 Å². The summed E-state index contributed by atoms with van der Waals surface area (Å²) in [4.78, 5) is 7.24. The molecule has 118 valence electrons. The Hall–Kier alpha value is -1.93. The van der Waals surface area contributed by atoms with Crippen molar-refractivity contribution in [3.05, 3.63) is 70.0 Å². The highest BCUT2D eigenvalue weighted by Gasteiger charge is 2.24. The van der Waals surface area contributed by atoms with E-state index in [9.17, 15) is 0 Å². The van der Waals surface area contributed by atoms with Gasteiger partial charge in [-0.25, -0.2) is 0 Å². The maximum atomic E-state index is 4.81. The third kappa shape index (κ3) is 2.72. The van der Waals surface area contributed by atoms with Gasteiger partial charge in [-0.3, -0.25) is 4.98 Å². The molecule has 2 heteroatoms. The van der Waals surface area contributed by atoms with Gasteiger partial charge in [0.25, 0.3) is 0 Å². The summed E-state index contributed by atoms with van der Waals surface area (Å²) in [5.74, 6) is 0. The van der Waals surface area contributed by atoms with Crippen molar-refractivity contribution in [1.82, 2.24) is 9.88 Å². The molecule has 2 aliphatic rings. The van der Waals surface area contributed by atoms with E-state index in [1.165, 1.54) is 33.5 Å². The lowest BCUT2D eigenvalue weighted by atomic mass is 9.88. The minimum absolute atomic E-state index is 1.09. The van der Waals surface area contributed by atoms with Crippen LogP contribution in [0, 0.1) is 6.92 Å². The largest absolute Gasteiger partial charge is 0.306 e. The molecule has 0 atom stereocenters. The van der Waals surface area contributed by atoms with Gasteiger partial charge in [0, 0.05) is 24.9 Å². The van der Waals surface area contributed by atoms with Gasteiger partial charge in [-0.1, -0.05) is 35.4 Å². The summed E-state index contributed by atoms with van der Waals surface area (Å²) >= 11 is 0. The summed E-state index contributed by atoms with van der Waals surface area (Å²) in [6.07, 6.45) is 6.49. The van der Waals surface area contributed by atoms with Crippen molar-refractivity contribution < 1.29 is 0 Å². The van der Waals surface area contributed by atoms with Crippen LogP contribution in [-0.2, 0) is 12.8 Å². The molecule has 0 unspecified atom stereocenters. The summed E-state index contributed by atoms with van der Waals surface area (Å²) in [6, 6.07) is 11.3. The van der Waals surface area contributed by atoms with Gasteiger partial charge in [0.05, 0.1) is 5.69 Å². The number of aromatic nitrogens is 1. The van der Waals surface area contributed by atoms with E-state index in [-0.39, 0.29) is 0 Å². The number of hydrogen-bond donors (Lipinski definition) is 0. The molecule has 1 saturated heterocycles. The monoisotopic (exact) mass is 304 g/mol. The van der Waals surface area contributed by atoms with Crippen LogP contribution in [-0.4, -0.2) is 30.0 Å². The molecule has 2 heterocycles. The number of nitrogens with zero attached hydrogens (tertiary/aromatic N) is 2. The molecule has 1 aromatic heterocycles. The fourth-order valence-electron chi connectivity index (χ4n) is 3.90. The van der Waals surface area contributed by atoms with E-state index in [0.717, 1.165) is 38.8 Å². The predicted octanol–water partition coefficient (Wildman–Crippen LogP) is 4.02. The second kappa shape index (κ2) is 5.93. The summed E-state index contributed by atoms with van der Waals surface area (Å²) in [7, 11) is 2.22. The topological polar surface area (TPSA) is 16.1 Å². The van der Waals surface area contributed by atoms with Gasteiger partial charge in [0.2, 0.25) is 0 Å². The molecule has 2 aromatic rings. The normalized spacial score (nSPS) is 18.3. The van der Waals surface area contributed by atoms with Crippen LogP contribution in [0.15, 0.2) is 42.1 Å². The third-order valence-corrected chi connectivity index (χ3v) is 5.27. The fourth-order valence-corrected chi connectivity index (χ4v) is 3.90. The number of fused-ring (bicyclic) bond motifs is 2. The fraction of sp³-hybridized carbons (Fsp3) is 0.381. The Labute approximate surface area is 138 Å². The molecule has 0 radical (unpaired) electrons. The quantitative estimate of drug-likeness (QED) is 0.731. The Balaban J connectivity index is 1.95. The van der Waals surface area contributed by atoms with E-state index in [4.69, 9.17) is 4.98 Å². The van der Waals surface area contributed by atoms with Crippen molar-refractivity contribution in [3.8, 4) is 0 Å². The third-order valence-electron chi connectivity index (χ3n) is 5.27. The molecule has 1 aromatic carbocycles. The molecule has 0 amide bonds. The Morgan fingerprint density at radius 1 is 0.957 bits per heavy atom. The number of aryl methyl sites for hydroxylation is 3. The van der Waals surface area contributed by atoms with Gasteiger partial charge in [0.15, 0.2) is 0 Å². The molecular formula is C21H24N2. The van der Waals surface area contributed by atoms with E-state index < -0.39 is 0 Å². The first kappa shape index (κ1) is 14.6. The molecule has 2 nitrogen and oxygen atoms in total. The van der Waals surface area contributed by atoms with Gasteiger partial charge in [-0.15, -0.1) is 0 Å². The van der Waals surface area contributed by atoms with Crippen LogP contribution >= 0.6 is 0 Å². The molecule has 0 saturated carbocycles. The van der Waals surface area contributed by atoms with Crippen LogP contribution < -0.4 is 0 Å². The number of pyridine rings is 1. The van der Waals surface area contributed by atoms with Gasteiger partial charge >= 0.3 is 0 Å². The zero-order chi connectivity index (χ0) is 15.8. The lowest BCUT2D eigenvalue weighted by molar-refractivity contribution is 0.313. The second-order valence-corrected chi connectivity index (χ2v) is 6.95. The Kier molecular flexibility index (Phi) is 3.78. The molecule has 0 bridgehead atoms. The number of benzene rings is 1. The van der Waals surface area contributed by atoms with E-state index in [1.807, 2.05) is 6.20 Å². The van der Waals surface area contributed by atoms with Crippen molar-refractivity contribution >= 4 is 5.57 Å². The van der Waals surface area contributed by atoms with Crippen LogP contribution in [0.4, 0.5) is 0 Å². The maximum absolute atomic E-state index is 4.81. The molecular weight excluding hydrogens is 280 g/mol. The van der Waals surface area contributed by atoms with Crippen molar-refractivity contribution in [2.24, 2.45) is 0 Å². The molecule has 0 spiro atoms. The second-order valence-electron chi connectivity index (χ2n) is 6.95. The van der Waals surface area contributed by atoms with Crippen LogP contribution in [0.5, 0.6) is 0 Å². The number of rotatable bonds is 0. The summed E-state index contributed by atoms with van der Waals surface area (Å²) in [5, 5.41) is 0. The number of likely N-dealkylation sites (tertiary alicyclic amines) is 1. The molecule has 23 heavy (non-hydrogen) atoms. The minimum atomic E-state index is 1.09. The highest BCUT2D eigenvalue weighted by molar-refractivity contribution is 5.84. The Bertz CT molecular complexity index is 763. The maximum Gasteiger partial charge on any atom is 0.0739 e. The van der Waals surface area contributed by atoms with Crippen LogP contribution in [0.25, 0.3) is 5.57 Å². The van der Waals surface area contributed by atoms with Crippen molar-refractivity contribution in [2.75, 3.05) is 20.1 Å². The van der Waals surface area contributed by atoms with Crippen molar-refractivity contribution in [1.29, 1.82) is 0 Å². The Morgan fingerprint density at radius 2 is 1.74 bits per heavy atom. The highest BCUT2D eigenvalue weighted by atomic mass is 15.1. The van der Waals surface area contributed by atoms with Crippen LogP contribution in [0.1, 0.15) is 40.8 Å². The predicted molar refractivity (Wildman–Crippen MR) is 95.6 cm³/mol. The first-order valence-electron chi connectivity index (χ1n) is 8.67. The van der Waals surface area contributed by atoms with E-state index in [0.29, 0.717) is 0 Å². The molecule has 1 aliphatic heterocycles. The average Bonchev–Trinajstić information content (AvgIpc) is 2.72. The zero-order valence-electron chi connectivity index (χ0n) is 14.1. The lowest BCUT2D eigenvalue weighted by Crippen LogP contribution is -2.27. The molecule has 4 rings (SSSR count). The van der Waals surface area contributed by atoms with Gasteiger partial charge in [0.1, 0.15) is 0 Å². The van der Waals surface area contributed by atoms with Crippen LogP contribution in [0.3, 0.4) is 0 Å².